The van der Waals surface area contributed by atoms with E-state index in [9.17, 15) is 13.2 Å². The minimum Gasteiger partial charge on any atom is -0.370 e. The zero-order valence-electron chi connectivity index (χ0n) is 14.3. The molecular formula is C17H20F3N3OS. The van der Waals surface area contributed by atoms with Gasteiger partial charge in [-0.05, 0) is 17.7 Å². The van der Waals surface area contributed by atoms with Gasteiger partial charge < -0.3 is 9.64 Å². The summed E-state index contributed by atoms with van der Waals surface area (Å²) >= 11 is 1.32. The number of halogens is 3. The smallest absolute Gasteiger partial charge is 0.370 e. The van der Waals surface area contributed by atoms with E-state index < -0.39 is 17.8 Å². The lowest BCUT2D eigenvalue weighted by Gasteiger charge is -2.33. The topological polar surface area (TPSA) is 38.2 Å². The summed E-state index contributed by atoms with van der Waals surface area (Å²) in [7, 11) is 0. The number of nitrogens with zero attached hydrogens (tertiary/aromatic N) is 3. The standard InChI is InChI=1S/C17H20F3N3OS/c1-16(2,3)14-21-15(25-22-14)23-7-8-24-13(10-23)11-5-4-6-12(9-11)17(18,19)20/h4-6,9,13H,7-8,10H2,1-3H3. The molecule has 0 radical (unpaired) electrons. The van der Waals surface area contributed by atoms with Crippen molar-refractivity contribution in [1.82, 2.24) is 9.36 Å². The molecule has 0 bridgehead atoms. The Bertz CT molecular complexity index is 739. The Morgan fingerprint density at radius 3 is 2.64 bits per heavy atom. The molecule has 0 spiro atoms. The normalized spacial score (nSPS) is 19.3. The van der Waals surface area contributed by atoms with Gasteiger partial charge in [0.15, 0.2) is 0 Å². The van der Waals surface area contributed by atoms with Crippen LogP contribution >= 0.6 is 11.5 Å². The first-order chi connectivity index (χ1) is 11.6. The van der Waals surface area contributed by atoms with E-state index in [0.717, 1.165) is 23.1 Å². The molecule has 0 saturated carbocycles. The fourth-order valence-electron chi connectivity index (χ4n) is 2.59. The lowest BCUT2D eigenvalue weighted by molar-refractivity contribution is -0.137. The SMILES string of the molecule is CC(C)(C)c1nsc(N2CCOC(c3cccc(C(F)(F)F)c3)C2)n1. The molecule has 2 aromatic rings. The third-order valence-electron chi connectivity index (χ3n) is 4.01. The van der Waals surface area contributed by atoms with E-state index in [2.05, 4.69) is 9.36 Å². The summed E-state index contributed by atoms with van der Waals surface area (Å²) in [6, 6.07) is 5.33. The van der Waals surface area contributed by atoms with Crippen molar-refractivity contribution in [3.8, 4) is 0 Å². The number of ether oxygens (including phenoxy) is 1. The molecule has 2 heterocycles. The Labute approximate surface area is 148 Å². The fourth-order valence-corrected chi connectivity index (χ4v) is 3.48. The molecule has 1 aromatic carbocycles. The quantitative estimate of drug-likeness (QED) is 0.783. The maximum absolute atomic E-state index is 12.9. The van der Waals surface area contributed by atoms with E-state index in [1.54, 1.807) is 6.07 Å². The number of hydrogen-bond acceptors (Lipinski definition) is 5. The highest BCUT2D eigenvalue weighted by molar-refractivity contribution is 7.09. The van der Waals surface area contributed by atoms with Crippen LogP contribution in [-0.4, -0.2) is 29.1 Å². The second-order valence-corrected chi connectivity index (χ2v) is 7.81. The van der Waals surface area contributed by atoms with Crippen LogP contribution in [0.4, 0.5) is 18.3 Å². The molecule has 25 heavy (non-hydrogen) atoms. The number of rotatable bonds is 2. The van der Waals surface area contributed by atoms with Crippen LogP contribution in [0, 0.1) is 0 Å². The zero-order chi connectivity index (χ0) is 18.2. The van der Waals surface area contributed by atoms with E-state index in [1.165, 1.54) is 17.6 Å². The average Bonchev–Trinajstić information content (AvgIpc) is 3.05. The van der Waals surface area contributed by atoms with E-state index >= 15 is 0 Å². The van der Waals surface area contributed by atoms with Crippen molar-refractivity contribution in [2.45, 2.75) is 38.5 Å². The van der Waals surface area contributed by atoms with Crippen LogP contribution in [0.15, 0.2) is 24.3 Å². The molecule has 3 rings (SSSR count). The van der Waals surface area contributed by atoms with Gasteiger partial charge in [-0.2, -0.15) is 17.5 Å². The van der Waals surface area contributed by atoms with Crippen LogP contribution in [0.5, 0.6) is 0 Å². The number of anilines is 1. The highest BCUT2D eigenvalue weighted by Gasteiger charge is 2.32. The van der Waals surface area contributed by atoms with Crippen LogP contribution in [0.3, 0.4) is 0 Å². The van der Waals surface area contributed by atoms with Crippen LogP contribution in [0.25, 0.3) is 0 Å². The number of benzene rings is 1. The molecule has 0 aliphatic carbocycles. The number of alkyl halides is 3. The van der Waals surface area contributed by atoms with Crippen LogP contribution < -0.4 is 4.90 Å². The predicted octanol–water partition coefficient (Wildman–Crippen LogP) is 4.43. The van der Waals surface area contributed by atoms with Crippen molar-refractivity contribution < 1.29 is 17.9 Å². The molecule has 0 amide bonds. The average molecular weight is 371 g/mol. The molecule has 8 heteroatoms. The fraction of sp³-hybridized carbons (Fsp3) is 0.529. The number of morpholine rings is 1. The molecule has 4 nitrogen and oxygen atoms in total. The third kappa shape index (κ3) is 4.12. The minimum atomic E-state index is -4.36. The highest BCUT2D eigenvalue weighted by Crippen LogP contribution is 2.33. The Balaban J connectivity index is 1.79. The second kappa shape index (κ2) is 6.57. The number of hydrogen-bond donors (Lipinski definition) is 0. The molecule has 1 aromatic heterocycles. The van der Waals surface area contributed by atoms with E-state index in [-0.39, 0.29) is 5.41 Å². The Morgan fingerprint density at radius 1 is 1.24 bits per heavy atom. The second-order valence-electron chi connectivity index (χ2n) is 7.08. The summed E-state index contributed by atoms with van der Waals surface area (Å²) in [5, 5.41) is 0.783. The van der Waals surface area contributed by atoms with Crippen molar-refractivity contribution in [3.63, 3.8) is 0 Å². The lowest BCUT2D eigenvalue weighted by atomic mass is 9.96. The molecule has 1 aliphatic heterocycles. The minimum absolute atomic E-state index is 0.137. The summed E-state index contributed by atoms with van der Waals surface area (Å²) in [6.45, 7) is 7.68. The van der Waals surface area contributed by atoms with Gasteiger partial charge in [-0.25, -0.2) is 4.98 Å². The van der Waals surface area contributed by atoms with Crippen molar-refractivity contribution in [2.24, 2.45) is 0 Å². The Morgan fingerprint density at radius 2 is 2.00 bits per heavy atom. The van der Waals surface area contributed by atoms with Gasteiger partial charge in [0.1, 0.15) is 11.9 Å². The maximum Gasteiger partial charge on any atom is 0.416 e. The summed E-state index contributed by atoms with van der Waals surface area (Å²) in [5.41, 5.74) is -0.265. The van der Waals surface area contributed by atoms with E-state index in [1.807, 2.05) is 25.7 Å². The molecular weight excluding hydrogens is 351 g/mol. The van der Waals surface area contributed by atoms with Crippen LogP contribution in [0.2, 0.25) is 0 Å². The van der Waals surface area contributed by atoms with E-state index in [0.29, 0.717) is 25.3 Å². The predicted molar refractivity (Wildman–Crippen MR) is 91.0 cm³/mol. The third-order valence-corrected chi connectivity index (χ3v) is 4.79. The van der Waals surface area contributed by atoms with Crippen molar-refractivity contribution in [2.75, 3.05) is 24.6 Å². The summed E-state index contributed by atoms with van der Waals surface area (Å²) in [5.74, 6) is 0.773. The van der Waals surface area contributed by atoms with Crippen molar-refractivity contribution in [1.29, 1.82) is 0 Å². The van der Waals surface area contributed by atoms with Crippen molar-refractivity contribution in [3.05, 3.63) is 41.2 Å². The highest BCUT2D eigenvalue weighted by atomic mass is 32.1. The molecule has 1 saturated heterocycles. The van der Waals surface area contributed by atoms with E-state index in [4.69, 9.17) is 4.74 Å². The van der Waals surface area contributed by atoms with Gasteiger partial charge in [0.2, 0.25) is 5.13 Å². The maximum atomic E-state index is 12.9. The Hall–Kier alpha value is -1.67. The van der Waals surface area contributed by atoms with Crippen LogP contribution in [-0.2, 0) is 16.3 Å². The van der Waals surface area contributed by atoms with Crippen molar-refractivity contribution >= 4 is 16.7 Å². The molecule has 1 atom stereocenters. The molecule has 1 aliphatic rings. The summed E-state index contributed by atoms with van der Waals surface area (Å²) in [6.07, 6.45) is -4.77. The van der Waals surface area contributed by atoms with Gasteiger partial charge in [-0.1, -0.05) is 32.9 Å². The zero-order valence-corrected chi connectivity index (χ0v) is 15.1. The molecule has 0 N–H and O–H groups in total. The monoisotopic (exact) mass is 371 g/mol. The first-order valence-corrected chi connectivity index (χ1v) is 8.80. The first-order valence-electron chi connectivity index (χ1n) is 8.02. The van der Waals surface area contributed by atoms with Gasteiger partial charge in [0, 0.05) is 23.5 Å². The summed E-state index contributed by atoms with van der Waals surface area (Å²) in [4.78, 5) is 6.62. The first kappa shape index (κ1) is 18.1. The van der Waals surface area contributed by atoms with Gasteiger partial charge >= 0.3 is 6.18 Å². The Kier molecular flexibility index (Phi) is 4.76. The lowest BCUT2D eigenvalue weighted by Crippen LogP contribution is -2.38. The summed E-state index contributed by atoms with van der Waals surface area (Å²) < 4.78 is 48.9. The molecule has 1 fully saturated rings. The number of aromatic nitrogens is 2. The molecule has 1 unspecified atom stereocenters. The molecule has 136 valence electrons. The van der Waals surface area contributed by atoms with Crippen LogP contribution in [0.1, 0.15) is 43.8 Å². The van der Waals surface area contributed by atoms with Gasteiger partial charge in [0.25, 0.3) is 0 Å². The van der Waals surface area contributed by atoms with Gasteiger partial charge in [0.05, 0.1) is 18.7 Å². The van der Waals surface area contributed by atoms with Gasteiger partial charge in [-0.15, -0.1) is 0 Å². The van der Waals surface area contributed by atoms with Gasteiger partial charge in [-0.3, -0.25) is 0 Å². The largest absolute Gasteiger partial charge is 0.416 e.